The summed E-state index contributed by atoms with van der Waals surface area (Å²) in [6, 6.07) is 0. The van der Waals surface area contributed by atoms with Crippen LogP contribution in [0.25, 0.3) is 0 Å². The Balaban J connectivity index is 1.42. The van der Waals surface area contributed by atoms with Gasteiger partial charge in [-0.05, 0) is 19.3 Å². The third-order valence-corrected chi connectivity index (χ3v) is 4.25. The summed E-state index contributed by atoms with van der Waals surface area (Å²) < 4.78 is 10.8. The molecule has 0 radical (unpaired) electrons. The summed E-state index contributed by atoms with van der Waals surface area (Å²) in [4.78, 5) is 25.0. The zero-order chi connectivity index (χ0) is 18.4. The molecule has 0 saturated carbocycles. The monoisotopic (exact) mass is 359 g/mol. The SMILES string of the molecule is CC(C)c1noc(CCC(=O)NCc2cnc([C@H]3CCCCO3)nc2)n1. The minimum Gasteiger partial charge on any atom is -0.370 e. The highest BCUT2D eigenvalue weighted by atomic mass is 16.5. The Morgan fingerprint density at radius 2 is 2.12 bits per heavy atom. The summed E-state index contributed by atoms with van der Waals surface area (Å²) in [5, 5.41) is 6.75. The lowest BCUT2D eigenvalue weighted by atomic mass is 10.1. The number of rotatable bonds is 7. The van der Waals surface area contributed by atoms with Crippen LogP contribution in [0.3, 0.4) is 0 Å². The maximum Gasteiger partial charge on any atom is 0.227 e. The van der Waals surface area contributed by atoms with Crippen molar-refractivity contribution in [2.75, 3.05) is 6.61 Å². The van der Waals surface area contributed by atoms with Crippen LogP contribution >= 0.6 is 0 Å². The first-order valence-corrected chi connectivity index (χ1v) is 9.13. The maximum atomic E-state index is 12.0. The van der Waals surface area contributed by atoms with Gasteiger partial charge >= 0.3 is 0 Å². The van der Waals surface area contributed by atoms with Crippen molar-refractivity contribution in [3.05, 3.63) is 35.5 Å². The third-order valence-electron chi connectivity index (χ3n) is 4.25. The second-order valence-corrected chi connectivity index (χ2v) is 6.78. The highest BCUT2D eigenvalue weighted by molar-refractivity contribution is 5.75. The van der Waals surface area contributed by atoms with Crippen molar-refractivity contribution in [3.8, 4) is 0 Å². The summed E-state index contributed by atoms with van der Waals surface area (Å²) in [5.74, 6) is 2.01. The highest BCUT2D eigenvalue weighted by Gasteiger charge is 2.18. The first kappa shape index (κ1) is 18.4. The van der Waals surface area contributed by atoms with Crippen molar-refractivity contribution in [1.82, 2.24) is 25.4 Å². The number of aromatic nitrogens is 4. The number of ether oxygens (including phenoxy) is 1. The van der Waals surface area contributed by atoms with E-state index in [-0.39, 0.29) is 17.9 Å². The molecule has 1 aliphatic heterocycles. The van der Waals surface area contributed by atoms with E-state index in [1.165, 1.54) is 0 Å². The molecule has 1 fully saturated rings. The average molecular weight is 359 g/mol. The molecule has 8 heteroatoms. The predicted molar refractivity (Wildman–Crippen MR) is 93.1 cm³/mol. The number of carbonyl (C=O) groups is 1. The first-order valence-electron chi connectivity index (χ1n) is 9.13. The van der Waals surface area contributed by atoms with Crippen molar-refractivity contribution in [2.45, 2.75) is 64.5 Å². The molecular weight excluding hydrogens is 334 g/mol. The number of hydrogen-bond donors (Lipinski definition) is 1. The van der Waals surface area contributed by atoms with E-state index in [1.54, 1.807) is 12.4 Å². The van der Waals surface area contributed by atoms with Gasteiger partial charge in [-0.3, -0.25) is 4.79 Å². The lowest BCUT2D eigenvalue weighted by Crippen LogP contribution is -2.23. The van der Waals surface area contributed by atoms with Gasteiger partial charge in [0.1, 0.15) is 6.10 Å². The summed E-state index contributed by atoms with van der Waals surface area (Å²) in [5.41, 5.74) is 0.859. The van der Waals surface area contributed by atoms with Crippen molar-refractivity contribution < 1.29 is 14.1 Å². The molecule has 2 aromatic rings. The Hall–Kier alpha value is -2.35. The van der Waals surface area contributed by atoms with Crippen molar-refractivity contribution in [1.29, 1.82) is 0 Å². The Labute approximate surface area is 152 Å². The molecule has 0 unspecified atom stereocenters. The lowest BCUT2D eigenvalue weighted by molar-refractivity contribution is -0.121. The van der Waals surface area contributed by atoms with Crippen LogP contribution in [-0.4, -0.2) is 32.6 Å². The normalized spacial score (nSPS) is 17.4. The zero-order valence-electron chi connectivity index (χ0n) is 15.3. The van der Waals surface area contributed by atoms with E-state index in [1.807, 2.05) is 13.8 Å². The fourth-order valence-electron chi connectivity index (χ4n) is 2.68. The molecule has 1 atom stereocenters. The van der Waals surface area contributed by atoms with Crippen LogP contribution in [-0.2, 0) is 22.5 Å². The van der Waals surface area contributed by atoms with Gasteiger partial charge in [-0.1, -0.05) is 19.0 Å². The minimum absolute atomic E-state index is 0.00229. The molecule has 26 heavy (non-hydrogen) atoms. The average Bonchev–Trinajstić information content (AvgIpc) is 3.15. The van der Waals surface area contributed by atoms with Crippen molar-refractivity contribution in [3.63, 3.8) is 0 Å². The van der Waals surface area contributed by atoms with E-state index < -0.39 is 0 Å². The van der Waals surface area contributed by atoms with Crippen LogP contribution in [0, 0.1) is 0 Å². The Kier molecular flexibility index (Phi) is 6.27. The van der Waals surface area contributed by atoms with Gasteiger partial charge in [-0.15, -0.1) is 0 Å². The van der Waals surface area contributed by atoms with E-state index in [9.17, 15) is 4.79 Å². The molecule has 0 aromatic carbocycles. The quantitative estimate of drug-likeness (QED) is 0.810. The summed E-state index contributed by atoms with van der Waals surface area (Å²) in [7, 11) is 0. The second-order valence-electron chi connectivity index (χ2n) is 6.78. The van der Waals surface area contributed by atoms with E-state index in [4.69, 9.17) is 9.26 Å². The predicted octanol–water partition coefficient (Wildman–Crippen LogP) is 2.47. The van der Waals surface area contributed by atoms with Gasteiger partial charge < -0.3 is 14.6 Å². The molecular formula is C18H25N5O3. The van der Waals surface area contributed by atoms with Gasteiger partial charge in [0.25, 0.3) is 0 Å². The van der Waals surface area contributed by atoms with Crippen LogP contribution in [0.5, 0.6) is 0 Å². The molecule has 8 nitrogen and oxygen atoms in total. The minimum atomic E-state index is -0.0750. The van der Waals surface area contributed by atoms with E-state index in [0.717, 1.165) is 37.3 Å². The van der Waals surface area contributed by atoms with Gasteiger partial charge in [-0.2, -0.15) is 4.98 Å². The smallest absolute Gasteiger partial charge is 0.227 e. The number of hydrogen-bond acceptors (Lipinski definition) is 7. The molecule has 2 aromatic heterocycles. The third kappa shape index (κ3) is 5.08. The van der Waals surface area contributed by atoms with Gasteiger partial charge in [0.2, 0.25) is 11.8 Å². The Bertz CT molecular complexity index is 708. The highest BCUT2D eigenvalue weighted by Crippen LogP contribution is 2.24. The summed E-state index contributed by atoms with van der Waals surface area (Å²) >= 11 is 0. The Morgan fingerprint density at radius 1 is 1.31 bits per heavy atom. The fraction of sp³-hybridized carbons (Fsp3) is 0.611. The van der Waals surface area contributed by atoms with Crippen LogP contribution in [0.2, 0.25) is 0 Å². The van der Waals surface area contributed by atoms with Gasteiger partial charge in [0, 0.05) is 49.9 Å². The Morgan fingerprint density at radius 3 is 2.77 bits per heavy atom. The maximum absolute atomic E-state index is 12.0. The molecule has 1 aliphatic rings. The van der Waals surface area contributed by atoms with E-state index in [0.29, 0.717) is 31.1 Å². The van der Waals surface area contributed by atoms with Crippen LogP contribution in [0.4, 0.5) is 0 Å². The van der Waals surface area contributed by atoms with Crippen LogP contribution < -0.4 is 5.32 Å². The van der Waals surface area contributed by atoms with Gasteiger partial charge in [-0.25, -0.2) is 9.97 Å². The van der Waals surface area contributed by atoms with Crippen molar-refractivity contribution in [2.24, 2.45) is 0 Å². The number of nitrogens with zero attached hydrogens (tertiary/aromatic N) is 4. The number of amides is 1. The summed E-state index contributed by atoms with van der Waals surface area (Å²) in [6.45, 7) is 5.15. The first-order chi connectivity index (χ1) is 12.6. The molecule has 0 spiro atoms. The standard InChI is InChI=1S/C18H25N5O3/c1-12(2)17-22-16(26-23-17)7-6-15(24)19-9-13-10-20-18(21-11-13)14-5-3-4-8-25-14/h10-12,14H,3-9H2,1-2H3,(H,19,24)/t14-/m1/s1. The van der Waals surface area contributed by atoms with Crippen molar-refractivity contribution >= 4 is 5.91 Å². The van der Waals surface area contributed by atoms with Gasteiger partial charge in [0.15, 0.2) is 11.6 Å². The molecule has 1 N–H and O–H groups in total. The largest absolute Gasteiger partial charge is 0.370 e. The lowest BCUT2D eigenvalue weighted by Gasteiger charge is -2.21. The zero-order valence-corrected chi connectivity index (χ0v) is 15.3. The summed E-state index contributed by atoms with van der Waals surface area (Å²) in [6.07, 6.45) is 7.42. The number of nitrogens with one attached hydrogen (secondary N) is 1. The van der Waals surface area contributed by atoms with Gasteiger partial charge in [0.05, 0.1) is 0 Å². The van der Waals surface area contributed by atoms with Crippen LogP contribution in [0.15, 0.2) is 16.9 Å². The molecule has 1 saturated heterocycles. The molecule has 1 amide bonds. The molecule has 140 valence electrons. The topological polar surface area (TPSA) is 103 Å². The molecule has 3 rings (SSSR count). The molecule has 0 aliphatic carbocycles. The van der Waals surface area contributed by atoms with E-state index in [2.05, 4.69) is 25.4 Å². The van der Waals surface area contributed by atoms with Crippen LogP contribution in [0.1, 0.15) is 74.7 Å². The van der Waals surface area contributed by atoms with E-state index >= 15 is 0 Å². The second kappa shape index (κ2) is 8.84. The fourth-order valence-corrected chi connectivity index (χ4v) is 2.68. The number of carbonyl (C=O) groups excluding carboxylic acids is 1. The molecule has 0 bridgehead atoms. The molecule has 3 heterocycles. The number of aryl methyl sites for hydroxylation is 1.